The van der Waals surface area contributed by atoms with E-state index < -0.39 is 29.8 Å². The number of hydrogen-bond donors (Lipinski definition) is 2. The molecule has 1 saturated heterocycles. The second-order valence-corrected chi connectivity index (χ2v) is 7.41. The van der Waals surface area contributed by atoms with Crippen LogP contribution >= 0.6 is 0 Å². The Balaban J connectivity index is 1.77. The molecule has 5 atom stereocenters. The molecule has 146 valence electrons. The van der Waals surface area contributed by atoms with Gasteiger partial charge >= 0.3 is 6.18 Å². The van der Waals surface area contributed by atoms with Crippen LogP contribution in [-0.2, 0) is 10.9 Å². The summed E-state index contributed by atoms with van der Waals surface area (Å²) in [4.78, 5) is 0. The molecule has 0 spiro atoms. The van der Waals surface area contributed by atoms with Crippen LogP contribution in [0.25, 0.3) is 0 Å². The number of halogens is 4. The van der Waals surface area contributed by atoms with E-state index >= 15 is 0 Å². The van der Waals surface area contributed by atoms with E-state index in [-0.39, 0.29) is 35.7 Å². The number of rotatable bonds is 2. The molecule has 0 aromatic heterocycles. The molecule has 1 aromatic rings. The first kappa shape index (κ1) is 18.5. The Labute approximate surface area is 154 Å². The van der Waals surface area contributed by atoms with Crippen LogP contribution in [-0.4, -0.2) is 23.9 Å². The Hall–Kier alpha value is -1.86. The molecule has 0 amide bonds. The fourth-order valence-electron chi connectivity index (χ4n) is 4.44. The molecule has 4 rings (SSSR count). The maximum Gasteiger partial charge on any atom is 0.416 e. The van der Waals surface area contributed by atoms with Gasteiger partial charge in [-0.2, -0.15) is 13.2 Å². The van der Waals surface area contributed by atoms with Gasteiger partial charge in [0, 0.05) is 23.4 Å². The first-order chi connectivity index (χ1) is 12.9. The topological polar surface area (TPSA) is 41.5 Å². The molecule has 1 fully saturated rings. The molecule has 27 heavy (non-hydrogen) atoms. The number of ether oxygens (including phenoxy) is 1. The number of allylic oxidation sites excluding steroid dienone is 3. The Kier molecular flexibility index (Phi) is 4.76. The summed E-state index contributed by atoms with van der Waals surface area (Å²) in [6.07, 6.45) is 4.29. The van der Waals surface area contributed by atoms with Gasteiger partial charge in [-0.15, -0.1) is 0 Å². The highest BCUT2D eigenvalue weighted by atomic mass is 19.4. The van der Waals surface area contributed by atoms with Crippen LogP contribution in [0.1, 0.15) is 36.5 Å². The van der Waals surface area contributed by atoms with Crippen LogP contribution in [0, 0.1) is 17.7 Å². The van der Waals surface area contributed by atoms with Crippen molar-refractivity contribution in [3.8, 4) is 0 Å². The highest BCUT2D eigenvalue weighted by Crippen LogP contribution is 2.49. The van der Waals surface area contributed by atoms with Crippen molar-refractivity contribution in [3.05, 3.63) is 53.4 Å². The number of anilines is 1. The molecule has 1 aromatic carbocycles. The summed E-state index contributed by atoms with van der Waals surface area (Å²) >= 11 is 0. The van der Waals surface area contributed by atoms with Gasteiger partial charge in [0.2, 0.25) is 0 Å². The van der Waals surface area contributed by atoms with Gasteiger partial charge in [-0.25, -0.2) is 4.39 Å². The minimum absolute atomic E-state index is 0.0794. The summed E-state index contributed by atoms with van der Waals surface area (Å²) in [5, 5.41) is 12.6. The van der Waals surface area contributed by atoms with Gasteiger partial charge in [0.05, 0.1) is 30.1 Å². The fraction of sp³-hybridized carbons (Fsp3) is 0.500. The van der Waals surface area contributed by atoms with Gasteiger partial charge in [0.25, 0.3) is 0 Å². The third kappa shape index (κ3) is 3.38. The quantitative estimate of drug-likeness (QED) is 0.734. The summed E-state index contributed by atoms with van der Waals surface area (Å²) in [6.45, 7) is -0.204. The molecule has 3 nitrogen and oxygen atoms in total. The highest BCUT2D eigenvalue weighted by molar-refractivity contribution is 5.59. The second-order valence-electron chi connectivity index (χ2n) is 7.41. The van der Waals surface area contributed by atoms with Crippen LogP contribution in [0.5, 0.6) is 0 Å². The highest BCUT2D eigenvalue weighted by Gasteiger charge is 2.45. The largest absolute Gasteiger partial charge is 0.416 e. The smallest absolute Gasteiger partial charge is 0.394 e. The molecule has 2 heterocycles. The molecular formula is C20H21F4NO2. The lowest BCUT2D eigenvalue weighted by Gasteiger charge is -2.47. The Morgan fingerprint density at radius 1 is 1.19 bits per heavy atom. The van der Waals surface area contributed by atoms with Gasteiger partial charge < -0.3 is 15.2 Å². The predicted octanol–water partition coefficient (Wildman–Crippen LogP) is 4.60. The molecule has 7 heteroatoms. The molecule has 0 saturated carbocycles. The van der Waals surface area contributed by atoms with E-state index in [0.29, 0.717) is 18.9 Å². The summed E-state index contributed by atoms with van der Waals surface area (Å²) in [6, 6.07) is 1.37. The molecule has 1 aliphatic carbocycles. The van der Waals surface area contributed by atoms with Crippen molar-refractivity contribution in [3.63, 3.8) is 0 Å². The van der Waals surface area contributed by atoms with Gasteiger partial charge in [-0.1, -0.05) is 24.3 Å². The molecule has 2 aliphatic heterocycles. The average molecular weight is 383 g/mol. The number of aliphatic hydroxyl groups excluding tert-OH is 1. The number of fused-ring (bicyclic) bond motifs is 3. The van der Waals surface area contributed by atoms with Gasteiger partial charge in [0.1, 0.15) is 5.82 Å². The number of aliphatic hydroxyl groups is 1. The number of hydrogen-bond acceptors (Lipinski definition) is 3. The zero-order chi connectivity index (χ0) is 19.2. The van der Waals surface area contributed by atoms with Crippen molar-refractivity contribution in [1.82, 2.24) is 0 Å². The van der Waals surface area contributed by atoms with Gasteiger partial charge in [0.15, 0.2) is 0 Å². The monoisotopic (exact) mass is 383 g/mol. The van der Waals surface area contributed by atoms with Crippen molar-refractivity contribution in [2.24, 2.45) is 11.8 Å². The van der Waals surface area contributed by atoms with Crippen molar-refractivity contribution >= 4 is 5.69 Å². The van der Waals surface area contributed by atoms with Crippen LogP contribution in [0.4, 0.5) is 23.2 Å². The van der Waals surface area contributed by atoms with E-state index in [9.17, 15) is 22.7 Å². The molecule has 0 radical (unpaired) electrons. The molecular weight excluding hydrogens is 362 g/mol. The van der Waals surface area contributed by atoms with Crippen molar-refractivity contribution < 1.29 is 27.4 Å². The Morgan fingerprint density at radius 3 is 2.67 bits per heavy atom. The predicted molar refractivity (Wildman–Crippen MR) is 92.6 cm³/mol. The lowest BCUT2D eigenvalue weighted by atomic mass is 9.73. The normalized spacial score (nSPS) is 32.6. The molecule has 3 aliphatic rings. The van der Waals surface area contributed by atoms with E-state index in [4.69, 9.17) is 4.74 Å². The summed E-state index contributed by atoms with van der Waals surface area (Å²) < 4.78 is 60.1. The number of benzene rings is 1. The Morgan fingerprint density at radius 2 is 2.00 bits per heavy atom. The van der Waals surface area contributed by atoms with E-state index in [0.717, 1.165) is 12.5 Å². The van der Waals surface area contributed by atoms with Gasteiger partial charge in [-0.3, -0.25) is 0 Å². The first-order valence-electron chi connectivity index (χ1n) is 9.15. The molecule has 0 bridgehead atoms. The van der Waals surface area contributed by atoms with E-state index in [2.05, 4.69) is 5.32 Å². The Bertz CT molecular complexity index is 774. The van der Waals surface area contributed by atoms with Crippen molar-refractivity contribution in [2.75, 3.05) is 11.9 Å². The second kappa shape index (κ2) is 6.95. The minimum Gasteiger partial charge on any atom is -0.394 e. The summed E-state index contributed by atoms with van der Waals surface area (Å²) in [5.41, 5.74) is -0.749. The van der Waals surface area contributed by atoms with Crippen LogP contribution in [0.15, 0.2) is 36.4 Å². The first-order valence-corrected chi connectivity index (χ1v) is 9.15. The zero-order valence-electron chi connectivity index (χ0n) is 14.5. The zero-order valence-corrected chi connectivity index (χ0v) is 14.5. The van der Waals surface area contributed by atoms with E-state index in [1.807, 2.05) is 24.3 Å². The third-order valence-electron chi connectivity index (χ3n) is 5.76. The maximum absolute atomic E-state index is 14.6. The lowest BCUT2D eigenvalue weighted by Crippen LogP contribution is -2.47. The standard InChI is InChI=1S/C20H21F4NO2/c21-16-9-12(20(22,23)24)8-15-18(16)25-17(11-4-2-1-3-5-11)14-7-6-13(10-26)27-19(14)15/h1-4,8-9,11,13-14,17,19,25-26H,5-7,10H2/t11?,13-,14+,17+,19+/m1/s1. The average Bonchev–Trinajstić information content (AvgIpc) is 2.67. The minimum atomic E-state index is -4.63. The molecule has 2 N–H and O–H groups in total. The maximum atomic E-state index is 14.6. The molecule has 1 unspecified atom stereocenters. The van der Waals surface area contributed by atoms with E-state index in [1.54, 1.807) is 0 Å². The number of alkyl halides is 3. The van der Waals surface area contributed by atoms with Gasteiger partial charge in [-0.05, 0) is 31.4 Å². The van der Waals surface area contributed by atoms with Crippen molar-refractivity contribution in [1.29, 1.82) is 0 Å². The van der Waals surface area contributed by atoms with Crippen LogP contribution in [0.2, 0.25) is 0 Å². The summed E-state index contributed by atoms with van der Waals surface area (Å²) in [7, 11) is 0. The SMILES string of the molecule is OC[C@H]1CC[C@@H]2[C@H](O1)c1cc(C(F)(F)F)cc(F)c1N[C@H]2C1C=CC=CC1. The number of nitrogens with one attached hydrogen (secondary N) is 1. The summed E-state index contributed by atoms with van der Waals surface area (Å²) in [5.74, 6) is -0.913. The van der Waals surface area contributed by atoms with E-state index in [1.165, 1.54) is 0 Å². The lowest BCUT2D eigenvalue weighted by molar-refractivity contribution is -0.138. The fourth-order valence-corrected chi connectivity index (χ4v) is 4.44. The van der Waals surface area contributed by atoms with Crippen LogP contribution in [0.3, 0.4) is 0 Å². The van der Waals surface area contributed by atoms with Crippen LogP contribution < -0.4 is 5.32 Å². The third-order valence-corrected chi connectivity index (χ3v) is 5.76. The van der Waals surface area contributed by atoms with Crippen molar-refractivity contribution in [2.45, 2.75) is 43.7 Å².